The molecular formula is C15H27N7. The van der Waals surface area contributed by atoms with Gasteiger partial charge < -0.3 is 15.5 Å². The Kier molecular flexibility index (Phi) is 4.92. The summed E-state index contributed by atoms with van der Waals surface area (Å²) >= 11 is 0. The van der Waals surface area contributed by atoms with Crippen LogP contribution in [0.5, 0.6) is 0 Å². The molecule has 1 saturated carbocycles. The number of nitrogens with zero attached hydrogens (tertiary/aromatic N) is 5. The van der Waals surface area contributed by atoms with E-state index in [4.69, 9.17) is 0 Å². The normalized spacial score (nSPS) is 23.0. The Balaban J connectivity index is 1.47. The third-order valence-corrected chi connectivity index (χ3v) is 4.47. The van der Waals surface area contributed by atoms with Crippen molar-refractivity contribution < 1.29 is 0 Å². The maximum atomic E-state index is 4.60. The number of rotatable bonds is 6. The molecule has 7 heteroatoms. The third kappa shape index (κ3) is 3.97. The second kappa shape index (κ2) is 7.09. The monoisotopic (exact) mass is 305 g/mol. The van der Waals surface area contributed by atoms with Crippen LogP contribution in [0, 0.1) is 5.92 Å². The predicted molar refractivity (Wildman–Crippen MR) is 86.5 cm³/mol. The lowest BCUT2D eigenvalue weighted by atomic mass is 10.1. The fraction of sp³-hybridized carbons (Fsp3) is 0.800. The standard InChI is InChI=1S/C15H27N7/c1-3-16-15(18-9-14-19-11-20-21(14)2)17-8-12-6-7-22(10-12)13-4-5-13/h11-13H,3-10H2,1-2H3,(H2,16,17,18). The van der Waals surface area contributed by atoms with Crippen molar-refractivity contribution in [3.05, 3.63) is 12.2 Å². The van der Waals surface area contributed by atoms with Crippen molar-refractivity contribution in [3.8, 4) is 0 Å². The molecule has 1 aliphatic heterocycles. The molecule has 2 aliphatic rings. The molecule has 0 radical (unpaired) electrons. The van der Waals surface area contributed by atoms with Crippen LogP contribution in [0.2, 0.25) is 0 Å². The van der Waals surface area contributed by atoms with Crippen molar-refractivity contribution in [2.45, 2.75) is 38.8 Å². The molecule has 2 fully saturated rings. The maximum Gasteiger partial charge on any atom is 0.191 e. The first-order valence-electron chi connectivity index (χ1n) is 8.35. The Morgan fingerprint density at radius 1 is 1.36 bits per heavy atom. The van der Waals surface area contributed by atoms with Gasteiger partial charge in [-0.2, -0.15) is 5.10 Å². The van der Waals surface area contributed by atoms with E-state index in [9.17, 15) is 0 Å². The van der Waals surface area contributed by atoms with E-state index in [1.165, 1.54) is 32.4 Å². The van der Waals surface area contributed by atoms with Gasteiger partial charge in [0.25, 0.3) is 0 Å². The number of hydrogen-bond acceptors (Lipinski definition) is 4. The van der Waals surface area contributed by atoms with Gasteiger partial charge in [-0.15, -0.1) is 0 Å². The molecular weight excluding hydrogens is 278 g/mol. The fourth-order valence-corrected chi connectivity index (χ4v) is 3.00. The summed E-state index contributed by atoms with van der Waals surface area (Å²) in [5.74, 6) is 2.48. The van der Waals surface area contributed by atoms with Crippen LogP contribution in [0.1, 0.15) is 32.0 Å². The van der Waals surface area contributed by atoms with E-state index in [1.807, 2.05) is 7.05 Å². The van der Waals surface area contributed by atoms with E-state index in [0.717, 1.165) is 36.8 Å². The molecule has 2 N–H and O–H groups in total. The van der Waals surface area contributed by atoms with Crippen molar-refractivity contribution in [3.63, 3.8) is 0 Å². The number of hydrogen-bond donors (Lipinski definition) is 2. The summed E-state index contributed by atoms with van der Waals surface area (Å²) in [6.45, 7) is 7.00. The predicted octanol–water partition coefficient (Wildman–Crippen LogP) is 0.355. The van der Waals surface area contributed by atoms with E-state index >= 15 is 0 Å². The lowest BCUT2D eigenvalue weighted by Crippen LogP contribution is -2.40. The number of aliphatic imine (C=N–C) groups is 1. The summed E-state index contributed by atoms with van der Waals surface area (Å²) < 4.78 is 1.76. The van der Waals surface area contributed by atoms with Crippen molar-refractivity contribution in [2.24, 2.45) is 18.0 Å². The molecule has 0 spiro atoms. The van der Waals surface area contributed by atoms with Gasteiger partial charge in [0.2, 0.25) is 0 Å². The van der Waals surface area contributed by atoms with Crippen LogP contribution < -0.4 is 10.6 Å². The summed E-state index contributed by atoms with van der Waals surface area (Å²) in [6.07, 6.45) is 5.67. The van der Waals surface area contributed by atoms with Gasteiger partial charge in [0.15, 0.2) is 5.96 Å². The van der Waals surface area contributed by atoms with Crippen molar-refractivity contribution in [1.82, 2.24) is 30.3 Å². The van der Waals surface area contributed by atoms with Crippen LogP contribution in [-0.4, -0.2) is 57.8 Å². The molecule has 1 atom stereocenters. The molecule has 22 heavy (non-hydrogen) atoms. The third-order valence-electron chi connectivity index (χ3n) is 4.47. The minimum Gasteiger partial charge on any atom is -0.357 e. The molecule has 0 aromatic carbocycles. The van der Waals surface area contributed by atoms with E-state index in [2.05, 4.69) is 37.5 Å². The second-order valence-corrected chi connectivity index (χ2v) is 6.26. The topological polar surface area (TPSA) is 70.4 Å². The van der Waals surface area contributed by atoms with Crippen LogP contribution >= 0.6 is 0 Å². The molecule has 0 bridgehead atoms. The molecule has 2 heterocycles. The van der Waals surface area contributed by atoms with Gasteiger partial charge in [0, 0.05) is 32.7 Å². The minimum atomic E-state index is 0.546. The van der Waals surface area contributed by atoms with Crippen LogP contribution in [0.4, 0.5) is 0 Å². The van der Waals surface area contributed by atoms with Gasteiger partial charge in [0.1, 0.15) is 18.7 Å². The number of guanidine groups is 1. The van der Waals surface area contributed by atoms with Crippen LogP contribution in [0.25, 0.3) is 0 Å². The Labute approximate surface area is 132 Å². The number of nitrogens with one attached hydrogen (secondary N) is 2. The average molecular weight is 305 g/mol. The van der Waals surface area contributed by atoms with Crippen molar-refractivity contribution in [1.29, 1.82) is 0 Å². The maximum absolute atomic E-state index is 4.60. The zero-order valence-corrected chi connectivity index (χ0v) is 13.6. The van der Waals surface area contributed by atoms with Crippen LogP contribution in [-0.2, 0) is 13.6 Å². The summed E-state index contributed by atoms with van der Waals surface area (Å²) in [6, 6.07) is 0.891. The van der Waals surface area contributed by atoms with E-state index in [0.29, 0.717) is 6.54 Å². The lowest BCUT2D eigenvalue weighted by Gasteiger charge is -2.17. The van der Waals surface area contributed by atoms with E-state index < -0.39 is 0 Å². The first-order valence-corrected chi connectivity index (χ1v) is 8.35. The highest BCUT2D eigenvalue weighted by atomic mass is 15.3. The second-order valence-electron chi connectivity index (χ2n) is 6.26. The van der Waals surface area contributed by atoms with E-state index in [1.54, 1.807) is 11.0 Å². The van der Waals surface area contributed by atoms with Gasteiger partial charge >= 0.3 is 0 Å². The van der Waals surface area contributed by atoms with Gasteiger partial charge in [-0.05, 0) is 38.6 Å². The van der Waals surface area contributed by atoms with Crippen molar-refractivity contribution >= 4 is 5.96 Å². The summed E-state index contributed by atoms with van der Waals surface area (Å²) in [4.78, 5) is 11.5. The zero-order valence-electron chi connectivity index (χ0n) is 13.6. The molecule has 1 aliphatic carbocycles. The molecule has 1 unspecified atom stereocenters. The molecule has 1 saturated heterocycles. The highest BCUT2D eigenvalue weighted by Crippen LogP contribution is 2.31. The van der Waals surface area contributed by atoms with Gasteiger partial charge in [0.05, 0.1) is 0 Å². The van der Waals surface area contributed by atoms with Crippen LogP contribution in [0.15, 0.2) is 11.3 Å². The SMILES string of the molecule is CCNC(=NCc1ncnn1C)NCC1CCN(C2CC2)C1. The Hall–Kier alpha value is -1.63. The number of aromatic nitrogens is 3. The lowest BCUT2D eigenvalue weighted by molar-refractivity contribution is 0.314. The first-order chi connectivity index (χ1) is 10.8. The Morgan fingerprint density at radius 2 is 2.23 bits per heavy atom. The van der Waals surface area contributed by atoms with Gasteiger partial charge in [-0.3, -0.25) is 4.68 Å². The molecule has 1 aromatic heterocycles. The smallest absolute Gasteiger partial charge is 0.191 e. The highest BCUT2D eigenvalue weighted by Gasteiger charge is 2.34. The first kappa shape index (κ1) is 15.3. The number of likely N-dealkylation sites (tertiary alicyclic amines) is 1. The zero-order chi connectivity index (χ0) is 15.4. The summed E-state index contributed by atoms with van der Waals surface area (Å²) in [5, 5.41) is 10.9. The molecule has 3 rings (SSSR count). The largest absolute Gasteiger partial charge is 0.357 e. The Bertz CT molecular complexity index is 506. The summed E-state index contributed by atoms with van der Waals surface area (Å²) in [5.41, 5.74) is 0. The average Bonchev–Trinajstić information content (AvgIpc) is 3.12. The number of aryl methyl sites for hydroxylation is 1. The molecule has 0 amide bonds. The Morgan fingerprint density at radius 3 is 2.91 bits per heavy atom. The summed E-state index contributed by atoms with van der Waals surface area (Å²) in [7, 11) is 1.89. The quantitative estimate of drug-likeness (QED) is 0.586. The molecule has 7 nitrogen and oxygen atoms in total. The van der Waals surface area contributed by atoms with E-state index in [-0.39, 0.29) is 0 Å². The molecule has 122 valence electrons. The van der Waals surface area contributed by atoms with Crippen LogP contribution in [0.3, 0.4) is 0 Å². The highest BCUT2D eigenvalue weighted by molar-refractivity contribution is 5.79. The fourth-order valence-electron chi connectivity index (χ4n) is 3.00. The molecule has 1 aromatic rings. The van der Waals surface area contributed by atoms with Crippen molar-refractivity contribution in [2.75, 3.05) is 26.2 Å². The minimum absolute atomic E-state index is 0.546. The van der Waals surface area contributed by atoms with Gasteiger partial charge in [-0.1, -0.05) is 0 Å². The van der Waals surface area contributed by atoms with Gasteiger partial charge in [-0.25, -0.2) is 9.98 Å².